The fraction of sp³-hybridized carbons (Fsp3) is 0.308. The molecule has 0 fully saturated rings. The molecule has 4 nitrogen and oxygen atoms in total. The highest BCUT2D eigenvalue weighted by molar-refractivity contribution is 7.99. The molecule has 3 aromatic carbocycles. The van der Waals surface area contributed by atoms with E-state index < -0.39 is 0 Å². The van der Waals surface area contributed by atoms with Gasteiger partial charge in [-0.25, -0.2) is 4.98 Å². The molecule has 0 N–H and O–H groups in total. The Balaban J connectivity index is 1.66. The highest BCUT2D eigenvalue weighted by Crippen LogP contribution is 2.29. The van der Waals surface area contributed by atoms with Crippen LogP contribution in [0.25, 0.3) is 21.8 Å². The third-order valence-corrected chi connectivity index (χ3v) is 6.66. The van der Waals surface area contributed by atoms with E-state index in [1.54, 1.807) is 11.8 Å². The van der Waals surface area contributed by atoms with Crippen molar-refractivity contribution >= 4 is 39.5 Å². The Morgan fingerprint density at radius 2 is 1.84 bits per heavy atom. The van der Waals surface area contributed by atoms with Gasteiger partial charge in [0.2, 0.25) is 0 Å². The van der Waals surface area contributed by atoms with Gasteiger partial charge in [0.05, 0.1) is 24.2 Å². The lowest BCUT2D eigenvalue weighted by Crippen LogP contribution is -2.05. The number of aryl methyl sites for hydroxylation is 2. The number of carbonyl (C=O) groups is 1. The van der Waals surface area contributed by atoms with Crippen LogP contribution in [0.5, 0.6) is 0 Å². The molecule has 0 spiro atoms. The first-order valence-electron chi connectivity index (χ1n) is 10.8. The molecular weight excluding hydrogens is 404 g/mol. The van der Waals surface area contributed by atoms with Crippen LogP contribution in [0, 0.1) is 13.8 Å². The van der Waals surface area contributed by atoms with Gasteiger partial charge in [-0.2, -0.15) is 0 Å². The van der Waals surface area contributed by atoms with Gasteiger partial charge in [-0.3, -0.25) is 4.79 Å². The number of esters is 1. The fourth-order valence-electron chi connectivity index (χ4n) is 3.83. The highest BCUT2D eigenvalue weighted by Gasteiger charge is 2.14. The van der Waals surface area contributed by atoms with Crippen molar-refractivity contribution < 1.29 is 9.53 Å². The zero-order chi connectivity index (χ0) is 21.8. The summed E-state index contributed by atoms with van der Waals surface area (Å²) in [4.78, 5) is 16.6. The van der Waals surface area contributed by atoms with E-state index in [1.165, 1.54) is 27.5 Å². The second-order valence-electron chi connectivity index (χ2n) is 7.80. The summed E-state index contributed by atoms with van der Waals surface area (Å²) < 4.78 is 7.36. The predicted molar refractivity (Wildman–Crippen MR) is 129 cm³/mol. The lowest BCUT2D eigenvalue weighted by molar-refractivity contribution is -0.143. The number of carbonyl (C=O) groups excluding carboxylic acids is 1. The van der Waals surface area contributed by atoms with E-state index in [0.29, 0.717) is 13.0 Å². The Kier molecular flexibility index (Phi) is 6.62. The molecule has 0 unspecified atom stereocenters. The summed E-state index contributed by atoms with van der Waals surface area (Å²) in [5, 5.41) is 3.52. The molecule has 4 rings (SSSR count). The Labute approximate surface area is 187 Å². The summed E-state index contributed by atoms with van der Waals surface area (Å²) in [6, 6.07) is 19.4. The number of ether oxygens (including phenoxy) is 1. The van der Waals surface area contributed by atoms with E-state index in [2.05, 4.69) is 73.0 Å². The van der Waals surface area contributed by atoms with Crippen LogP contribution in [0.1, 0.15) is 36.5 Å². The van der Waals surface area contributed by atoms with Crippen LogP contribution in [0.2, 0.25) is 0 Å². The van der Waals surface area contributed by atoms with Gasteiger partial charge in [-0.15, -0.1) is 0 Å². The second-order valence-corrected chi connectivity index (χ2v) is 8.86. The summed E-state index contributed by atoms with van der Waals surface area (Å²) in [5.41, 5.74) is 5.98. The summed E-state index contributed by atoms with van der Waals surface area (Å²) in [6.07, 6.45) is 1.22. The normalized spacial score (nSPS) is 11.3. The van der Waals surface area contributed by atoms with Crippen LogP contribution in [0.4, 0.5) is 0 Å². The maximum Gasteiger partial charge on any atom is 0.305 e. The van der Waals surface area contributed by atoms with Gasteiger partial charge < -0.3 is 9.30 Å². The molecule has 0 bridgehead atoms. The summed E-state index contributed by atoms with van der Waals surface area (Å²) in [6.45, 7) is 7.32. The molecule has 0 atom stereocenters. The van der Waals surface area contributed by atoms with Crippen molar-refractivity contribution in [2.45, 2.75) is 45.3 Å². The van der Waals surface area contributed by atoms with Crippen LogP contribution in [-0.4, -0.2) is 27.9 Å². The van der Waals surface area contributed by atoms with Crippen molar-refractivity contribution in [2.24, 2.45) is 0 Å². The van der Waals surface area contributed by atoms with E-state index >= 15 is 0 Å². The predicted octanol–water partition coefficient (Wildman–Crippen LogP) is 6.29. The largest absolute Gasteiger partial charge is 0.466 e. The van der Waals surface area contributed by atoms with E-state index in [1.807, 2.05) is 6.92 Å². The van der Waals surface area contributed by atoms with Crippen LogP contribution in [-0.2, 0) is 16.1 Å². The first-order chi connectivity index (χ1) is 15.1. The minimum Gasteiger partial charge on any atom is -0.466 e. The van der Waals surface area contributed by atoms with E-state index in [9.17, 15) is 4.79 Å². The standard InChI is InChI=1S/C26H28N2O2S/c1-4-30-25(29)13-8-14-31-26-27-23-15-18(2)19(3)16-24(23)28(26)17-21-11-7-10-20-9-5-6-12-22(20)21/h5-7,9-12,15-16H,4,8,13-14,17H2,1-3H3. The molecule has 5 heteroatoms. The highest BCUT2D eigenvalue weighted by atomic mass is 32.2. The third-order valence-electron chi connectivity index (χ3n) is 5.60. The smallest absolute Gasteiger partial charge is 0.305 e. The molecule has 1 heterocycles. The van der Waals surface area contributed by atoms with E-state index in [-0.39, 0.29) is 5.97 Å². The van der Waals surface area contributed by atoms with Crippen molar-refractivity contribution in [3.05, 3.63) is 71.3 Å². The number of benzene rings is 3. The van der Waals surface area contributed by atoms with Crippen molar-refractivity contribution in [1.82, 2.24) is 9.55 Å². The SMILES string of the molecule is CCOC(=O)CCCSc1nc2cc(C)c(C)cc2n1Cc1cccc2ccccc12. The van der Waals surface area contributed by atoms with Crippen molar-refractivity contribution in [1.29, 1.82) is 0 Å². The number of aromatic nitrogens is 2. The van der Waals surface area contributed by atoms with Gasteiger partial charge in [0.1, 0.15) is 0 Å². The van der Waals surface area contributed by atoms with Crippen LogP contribution < -0.4 is 0 Å². The van der Waals surface area contributed by atoms with Crippen molar-refractivity contribution in [3.63, 3.8) is 0 Å². The fourth-order valence-corrected chi connectivity index (χ4v) is 4.79. The minimum atomic E-state index is -0.126. The lowest BCUT2D eigenvalue weighted by Gasteiger charge is -2.12. The Hall–Kier alpha value is -2.79. The number of imidazole rings is 1. The molecular formula is C26H28N2O2S. The molecule has 0 saturated carbocycles. The molecule has 0 aliphatic carbocycles. The van der Waals surface area contributed by atoms with Gasteiger partial charge in [-0.05, 0) is 66.8 Å². The van der Waals surface area contributed by atoms with Crippen LogP contribution in [0.3, 0.4) is 0 Å². The third kappa shape index (κ3) is 4.77. The Morgan fingerprint density at radius 1 is 1.06 bits per heavy atom. The molecule has 0 aliphatic heterocycles. The second kappa shape index (κ2) is 9.56. The van der Waals surface area contributed by atoms with Crippen LogP contribution in [0.15, 0.2) is 59.8 Å². The maximum atomic E-state index is 11.7. The first kappa shape index (κ1) is 21.4. The molecule has 0 radical (unpaired) electrons. The number of hydrogen-bond acceptors (Lipinski definition) is 4. The first-order valence-corrected chi connectivity index (χ1v) is 11.8. The average Bonchev–Trinajstić information content (AvgIpc) is 3.08. The van der Waals surface area contributed by atoms with Crippen molar-refractivity contribution in [2.75, 3.05) is 12.4 Å². The molecule has 4 aromatic rings. The molecule has 0 amide bonds. The summed E-state index contributed by atoms with van der Waals surface area (Å²) in [5.74, 6) is 0.703. The Bertz CT molecular complexity index is 1220. The molecule has 1 aromatic heterocycles. The summed E-state index contributed by atoms with van der Waals surface area (Å²) >= 11 is 1.71. The van der Waals surface area contributed by atoms with E-state index in [0.717, 1.165) is 34.9 Å². The van der Waals surface area contributed by atoms with Gasteiger partial charge in [0, 0.05) is 12.2 Å². The number of fused-ring (bicyclic) bond motifs is 2. The van der Waals surface area contributed by atoms with Crippen LogP contribution >= 0.6 is 11.8 Å². The molecule has 0 saturated heterocycles. The number of nitrogens with zero attached hydrogens (tertiary/aromatic N) is 2. The lowest BCUT2D eigenvalue weighted by atomic mass is 10.0. The summed E-state index contributed by atoms with van der Waals surface area (Å²) in [7, 11) is 0. The zero-order valence-corrected chi connectivity index (χ0v) is 19.2. The van der Waals surface area contributed by atoms with Gasteiger partial charge in [-0.1, -0.05) is 54.2 Å². The monoisotopic (exact) mass is 432 g/mol. The topological polar surface area (TPSA) is 44.1 Å². The van der Waals surface area contributed by atoms with Gasteiger partial charge >= 0.3 is 5.97 Å². The van der Waals surface area contributed by atoms with Gasteiger partial charge in [0.15, 0.2) is 5.16 Å². The maximum absolute atomic E-state index is 11.7. The van der Waals surface area contributed by atoms with Crippen molar-refractivity contribution in [3.8, 4) is 0 Å². The number of thioether (sulfide) groups is 1. The van der Waals surface area contributed by atoms with Gasteiger partial charge in [0.25, 0.3) is 0 Å². The average molecular weight is 433 g/mol. The molecule has 31 heavy (non-hydrogen) atoms. The quantitative estimate of drug-likeness (QED) is 0.186. The van der Waals surface area contributed by atoms with E-state index in [4.69, 9.17) is 9.72 Å². The molecule has 0 aliphatic rings. The Morgan fingerprint density at radius 3 is 2.68 bits per heavy atom. The molecule has 160 valence electrons. The zero-order valence-electron chi connectivity index (χ0n) is 18.4. The number of rotatable bonds is 8. The minimum absolute atomic E-state index is 0.126. The number of hydrogen-bond donors (Lipinski definition) is 0.